The maximum Gasteiger partial charge on any atom is -0.00178 e. The van der Waals surface area contributed by atoms with Gasteiger partial charge >= 0.3 is 0 Å². The van der Waals surface area contributed by atoms with Crippen LogP contribution in [0.2, 0.25) is 0 Å². The maximum atomic E-state index is 5.98. The average Bonchev–Trinajstić information content (AvgIpc) is 2.69. The molecule has 0 bridgehead atoms. The van der Waals surface area contributed by atoms with E-state index in [4.69, 9.17) is 5.73 Å². The molecule has 1 heteroatoms. The van der Waals surface area contributed by atoms with E-state index in [-0.39, 0.29) is 0 Å². The highest BCUT2D eigenvalue weighted by Gasteiger charge is 2.39. The first-order valence-corrected chi connectivity index (χ1v) is 5.72. The second kappa shape index (κ2) is 3.83. The molecule has 0 amide bonds. The summed E-state index contributed by atoms with van der Waals surface area (Å²) in [7, 11) is 0. The van der Waals surface area contributed by atoms with Gasteiger partial charge in [-0.3, -0.25) is 0 Å². The first kappa shape index (κ1) is 9.26. The fourth-order valence-corrected chi connectivity index (χ4v) is 3.21. The van der Waals surface area contributed by atoms with Gasteiger partial charge in [0.05, 0.1) is 0 Å². The van der Waals surface area contributed by atoms with E-state index in [1.54, 1.807) is 0 Å². The molecule has 74 valence electrons. The van der Waals surface area contributed by atoms with Crippen LogP contribution in [0.1, 0.15) is 44.9 Å². The van der Waals surface area contributed by atoms with Gasteiger partial charge in [-0.1, -0.05) is 25.0 Å². The molecule has 0 spiro atoms. The van der Waals surface area contributed by atoms with Gasteiger partial charge in [0.25, 0.3) is 0 Å². The number of nitrogens with two attached hydrogens (primary N) is 1. The van der Waals surface area contributed by atoms with Crippen molar-refractivity contribution in [1.29, 1.82) is 0 Å². The van der Waals surface area contributed by atoms with Crippen LogP contribution >= 0.6 is 0 Å². The third-order valence-corrected chi connectivity index (χ3v) is 4.14. The third-order valence-electron chi connectivity index (χ3n) is 4.14. The van der Waals surface area contributed by atoms with Gasteiger partial charge in [0, 0.05) is 0 Å². The van der Waals surface area contributed by atoms with E-state index < -0.39 is 0 Å². The van der Waals surface area contributed by atoms with Gasteiger partial charge in [0.2, 0.25) is 0 Å². The summed E-state index contributed by atoms with van der Waals surface area (Å²) in [4.78, 5) is 0. The smallest absolute Gasteiger partial charge is 0.00178 e. The minimum Gasteiger partial charge on any atom is -0.330 e. The van der Waals surface area contributed by atoms with Crippen molar-refractivity contribution >= 4 is 0 Å². The summed E-state index contributed by atoms with van der Waals surface area (Å²) in [5.74, 6) is 0.894. The quantitative estimate of drug-likeness (QED) is 0.648. The van der Waals surface area contributed by atoms with Crippen LogP contribution < -0.4 is 5.73 Å². The van der Waals surface area contributed by atoms with Crippen LogP contribution in [0.5, 0.6) is 0 Å². The lowest BCUT2D eigenvalue weighted by atomic mass is 9.69. The van der Waals surface area contributed by atoms with Crippen LogP contribution in [0, 0.1) is 11.3 Å². The summed E-state index contributed by atoms with van der Waals surface area (Å²) in [6.45, 7) is 0.922. The van der Waals surface area contributed by atoms with Crippen molar-refractivity contribution in [2.24, 2.45) is 17.1 Å². The zero-order chi connectivity index (χ0) is 9.15. The normalized spacial score (nSPS) is 32.2. The van der Waals surface area contributed by atoms with Gasteiger partial charge in [-0.05, 0) is 50.0 Å². The molecule has 1 nitrogen and oxygen atoms in total. The van der Waals surface area contributed by atoms with Crippen LogP contribution in [0.4, 0.5) is 0 Å². The van der Waals surface area contributed by atoms with Crippen LogP contribution in [-0.4, -0.2) is 6.54 Å². The van der Waals surface area contributed by atoms with Gasteiger partial charge < -0.3 is 5.73 Å². The minimum atomic E-state index is 0.532. The van der Waals surface area contributed by atoms with E-state index in [0.29, 0.717) is 5.41 Å². The van der Waals surface area contributed by atoms with Gasteiger partial charge in [-0.2, -0.15) is 0 Å². The van der Waals surface area contributed by atoms with E-state index in [9.17, 15) is 0 Å². The van der Waals surface area contributed by atoms with Crippen LogP contribution in [0.3, 0.4) is 0 Å². The molecule has 0 radical (unpaired) electrons. The SMILES string of the molecule is NCC1(C2CC=CCC2)CCCC1. The largest absolute Gasteiger partial charge is 0.330 e. The lowest BCUT2D eigenvalue weighted by molar-refractivity contribution is 0.163. The summed E-state index contributed by atoms with van der Waals surface area (Å²) in [6.07, 6.45) is 14.3. The molecule has 13 heavy (non-hydrogen) atoms. The molecule has 1 unspecified atom stereocenters. The first-order valence-electron chi connectivity index (χ1n) is 5.72. The van der Waals surface area contributed by atoms with Crippen molar-refractivity contribution in [2.75, 3.05) is 6.54 Å². The lowest BCUT2D eigenvalue weighted by Crippen LogP contribution is -2.36. The van der Waals surface area contributed by atoms with Crippen LogP contribution in [0.15, 0.2) is 12.2 Å². The zero-order valence-electron chi connectivity index (χ0n) is 8.47. The second-order valence-electron chi connectivity index (χ2n) is 4.75. The average molecular weight is 179 g/mol. The Balaban J connectivity index is 2.06. The Morgan fingerprint density at radius 2 is 2.00 bits per heavy atom. The molecule has 2 N–H and O–H groups in total. The molecule has 0 heterocycles. The number of hydrogen-bond acceptors (Lipinski definition) is 1. The molecule has 0 aromatic rings. The van der Waals surface area contributed by atoms with E-state index in [0.717, 1.165) is 12.5 Å². The molecular formula is C12H21N. The van der Waals surface area contributed by atoms with Gasteiger partial charge in [0.15, 0.2) is 0 Å². The molecular weight excluding hydrogens is 158 g/mol. The monoisotopic (exact) mass is 179 g/mol. The Morgan fingerprint density at radius 1 is 1.23 bits per heavy atom. The summed E-state index contributed by atoms with van der Waals surface area (Å²) in [5, 5.41) is 0. The molecule has 2 aliphatic carbocycles. The van der Waals surface area contributed by atoms with Crippen molar-refractivity contribution in [3.05, 3.63) is 12.2 Å². The number of rotatable bonds is 2. The van der Waals surface area contributed by atoms with Crippen molar-refractivity contribution in [3.8, 4) is 0 Å². The zero-order valence-corrected chi connectivity index (χ0v) is 8.47. The fraction of sp³-hybridized carbons (Fsp3) is 0.833. The predicted octanol–water partition coefficient (Wildman–Crippen LogP) is 2.86. The third kappa shape index (κ3) is 1.67. The summed E-state index contributed by atoms with van der Waals surface area (Å²) in [6, 6.07) is 0. The Morgan fingerprint density at radius 3 is 2.54 bits per heavy atom. The maximum absolute atomic E-state index is 5.98. The summed E-state index contributed by atoms with van der Waals surface area (Å²) >= 11 is 0. The first-order chi connectivity index (χ1) is 6.37. The van der Waals surface area contributed by atoms with Crippen molar-refractivity contribution in [3.63, 3.8) is 0 Å². The van der Waals surface area contributed by atoms with E-state index in [1.165, 1.54) is 44.9 Å². The Labute approximate surface area is 81.4 Å². The molecule has 2 rings (SSSR count). The summed E-state index contributed by atoms with van der Waals surface area (Å²) in [5.41, 5.74) is 6.51. The van der Waals surface area contributed by atoms with E-state index >= 15 is 0 Å². The highest BCUT2D eigenvalue weighted by atomic mass is 14.6. The Hall–Kier alpha value is -0.300. The van der Waals surface area contributed by atoms with Crippen LogP contribution in [0.25, 0.3) is 0 Å². The molecule has 1 fully saturated rings. The number of allylic oxidation sites excluding steroid dienone is 2. The van der Waals surface area contributed by atoms with Gasteiger partial charge in [-0.25, -0.2) is 0 Å². The molecule has 0 aromatic heterocycles. The van der Waals surface area contributed by atoms with E-state index in [2.05, 4.69) is 12.2 Å². The van der Waals surface area contributed by atoms with E-state index in [1.807, 2.05) is 0 Å². The Bertz CT molecular complexity index is 189. The van der Waals surface area contributed by atoms with Gasteiger partial charge in [-0.15, -0.1) is 0 Å². The molecule has 0 aromatic carbocycles. The highest BCUT2D eigenvalue weighted by Crippen LogP contribution is 2.47. The second-order valence-corrected chi connectivity index (χ2v) is 4.75. The highest BCUT2D eigenvalue weighted by molar-refractivity contribution is 4.99. The number of hydrogen-bond donors (Lipinski definition) is 1. The topological polar surface area (TPSA) is 26.0 Å². The molecule has 1 atom stereocenters. The molecule has 1 saturated carbocycles. The van der Waals surface area contributed by atoms with Crippen LogP contribution in [-0.2, 0) is 0 Å². The van der Waals surface area contributed by atoms with Gasteiger partial charge in [0.1, 0.15) is 0 Å². The Kier molecular flexibility index (Phi) is 2.73. The lowest BCUT2D eigenvalue weighted by Gasteiger charge is -2.37. The van der Waals surface area contributed by atoms with Crippen molar-refractivity contribution in [2.45, 2.75) is 44.9 Å². The molecule has 0 saturated heterocycles. The summed E-state index contributed by atoms with van der Waals surface area (Å²) < 4.78 is 0. The molecule has 2 aliphatic rings. The molecule has 0 aliphatic heterocycles. The standard InChI is InChI=1S/C12H21N/c13-10-12(8-4-5-9-12)11-6-2-1-3-7-11/h1-2,11H,3-10,13H2. The minimum absolute atomic E-state index is 0.532. The van der Waals surface area contributed by atoms with Crippen molar-refractivity contribution < 1.29 is 0 Å². The predicted molar refractivity (Wildman–Crippen MR) is 56.4 cm³/mol. The fourth-order valence-electron chi connectivity index (χ4n) is 3.21. The van der Waals surface area contributed by atoms with Crippen molar-refractivity contribution in [1.82, 2.24) is 0 Å².